The summed E-state index contributed by atoms with van der Waals surface area (Å²) in [6.07, 6.45) is 0.00886. The van der Waals surface area contributed by atoms with Gasteiger partial charge in [0.15, 0.2) is 5.78 Å². The number of β-amino-alcohol motifs (C(OH)–C–C–N with tert-alkyl or cyclic N) is 1. The summed E-state index contributed by atoms with van der Waals surface area (Å²) in [5.41, 5.74) is -0.113. The van der Waals surface area contributed by atoms with Crippen molar-refractivity contribution >= 4 is 63.9 Å². The zero-order chi connectivity index (χ0) is 52.7. The zero-order valence-electron chi connectivity index (χ0n) is 39.1. The van der Waals surface area contributed by atoms with Crippen LogP contribution in [0.3, 0.4) is 0 Å². The van der Waals surface area contributed by atoms with Gasteiger partial charge >= 0.3 is 24.1 Å². The Hall–Kier alpha value is -6.09. The first-order chi connectivity index (χ1) is 34.8. The number of rotatable bonds is 18. The monoisotopic (exact) mass is 1090 g/mol. The first kappa shape index (κ1) is 58.8. The van der Waals surface area contributed by atoms with Crippen LogP contribution in [0.4, 0.5) is 61.2 Å². The number of aromatic nitrogens is 4. The predicted octanol–water partition coefficient (Wildman–Crippen LogP) is 9.35. The molecule has 4 heterocycles. The number of para-hydroxylation sites is 2. The van der Waals surface area contributed by atoms with Gasteiger partial charge in [0.1, 0.15) is 23.9 Å². The molecule has 5 N–H and O–H groups in total. The lowest BCUT2D eigenvalue weighted by Gasteiger charge is -2.44. The van der Waals surface area contributed by atoms with Gasteiger partial charge in [-0.3, -0.25) is 34.8 Å². The molecule has 20 nitrogen and oxygen atoms in total. The fraction of sp³-hybridized carbons (Fsp3) is 0.543. The van der Waals surface area contributed by atoms with Crippen LogP contribution < -0.4 is 30.7 Å². The van der Waals surface area contributed by atoms with Crippen LogP contribution in [0.2, 0.25) is 0 Å². The minimum atomic E-state index is -4.83. The van der Waals surface area contributed by atoms with Crippen molar-refractivity contribution in [2.24, 2.45) is 11.8 Å². The predicted molar refractivity (Wildman–Crippen MR) is 264 cm³/mol. The molecule has 0 spiro atoms. The number of nitrogens with zero attached hydrogens (tertiary/aromatic N) is 8. The molecular weight excluding hydrogens is 1030 g/mol. The number of benzene rings is 2. The molecule has 0 bridgehead atoms. The maximum Gasteiger partial charge on any atom is 0.573 e. The largest absolute Gasteiger partial charge is 0.573 e. The normalized spacial score (nSPS) is 20.1. The number of ether oxygens (including phenoxy) is 2. The highest BCUT2D eigenvalue weighted by Crippen LogP contribution is 2.34. The van der Waals surface area contributed by atoms with Gasteiger partial charge in [-0.1, -0.05) is 43.8 Å². The van der Waals surface area contributed by atoms with Crippen molar-refractivity contribution in [2.45, 2.75) is 103 Å². The van der Waals surface area contributed by atoms with Crippen LogP contribution in [0.25, 0.3) is 0 Å². The van der Waals surface area contributed by atoms with E-state index in [0.29, 0.717) is 50.1 Å². The molecule has 4 aliphatic rings. The second-order valence-corrected chi connectivity index (χ2v) is 18.5. The van der Waals surface area contributed by atoms with Gasteiger partial charge in [0.05, 0.1) is 34.4 Å². The average Bonchev–Trinajstić information content (AvgIpc) is 3.32. The lowest BCUT2D eigenvalue weighted by atomic mass is 9.84. The zero-order valence-corrected chi connectivity index (χ0v) is 40.6. The highest BCUT2D eigenvalue weighted by Gasteiger charge is 2.36. The number of carbonyl (C=O) groups excluding carboxylic acids is 1. The second-order valence-electron chi connectivity index (χ2n) is 17.7. The van der Waals surface area contributed by atoms with Crippen LogP contribution in [0.1, 0.15) is 69.9 Å². The second kappa shape index (κ2) is 27.4. The van der Waals surface area contributed by atoms with Crippen LogP contribution in [0.5, 0.6) is 11.5 Å². The Kier molecular flexibility index (Phi) is 21.8. The van der Waals surface area contributed by atoms with E-state index in [9.17, 15) is 56.5 Å². The smallest absolute Gasteiger partial charge is 0.405 e. The van der Waals surface area contributed by atoms with Gasteiger partial charge in [0.25, 0.3) is 0 Å². The van der Waals surface area contributed by atoms with Crippen LogP contribution in [0, 0.1) is 32.1 Å². The van der Waals surface area contributed by atoms with Gasteiger partial charge in [0, 0.05) is 62.5 Å². The molecule has 2 saturated heterocycles. The highest BCUT2D eigenvalue weighted by atomic mass is 35.5. The van der Waals surface area contributed by atoms with Crippen LogP contribution in [0.15, 0.2) is 60.9 Å². The molecule has 0 radical (unpaired) electrons. The van der Waals surface area contributed by atoms with Crippen LogP contribution in [-0.2, 0) is 17.9 Å². The van der Waals surface area contributed by atoms with Crippen molar-refractivity contribution in [3.05, 3.63) is 92.3 Å². The number of likely N-dealkylation sites (tertiary alicyclic amines) is 2. The number of nitro groups is 2. The summed E-state index contributed by atoms with van der Waals surface area (Å²) in [6.45, 7) is 3.37. The van der Waals surface area contributed by atoms with Crippen molar-refractivity contribution in [1.29, 1.82) is 0 Å². The van der Waals surface area contributed by atoms with Crippen molar-refractivity contribution in [3.8, 4) is 11.5 Å². The van der Waals surface area contributed by atoms with E-state index in [1.807, 2.05) is 0 Å². The molecule has 74 heavy (non-hydrogen) atoms. The van der Waals surface area contributed by atoms with Gasteiger partial charge in [-0.2, -0.15) is 9.97 Å². The van der Waals surface area contributed by atoms with Crippen molar-refractivity contribution < 1.29 is 55.6 Å². The minimum Gasteiger partial charge on any atom is -0.405 e. The summed E-state index contributed by atoms with van der Waals surface area (Å²) in [5, 5.41) is 44.3. The number of ketones is 1. The van der Waals surface area contributed by atoms with Gasteiger partial charge in [0.2, 0.25) is 23.5 Å². The van der Waals surface area contributed by atoms with E-state index >= 15 is 0 Å². The molecular formula is C46H58Cl2F6N12O8. The van der Waals surface area contributed by atoms with Crippen molar-refractivity contribution in [1.82, 2.24) is 29.7 Å². The number of hydrogen-bond donors (Lipinski definition) is 5. The molecule has 4 aromatic rings. The molecule has 2 aliphatic carbocycles. The summed E-state index contributed by atoms with van der Waals surface area (Å²) < 4.78 is 83.9. The molecule has 2 saturated carbocycles. The molecule has 28 heteroatoms. The quantitative estimate of drug-likeness (QED) is 0.0269. The fourth-order valence-corrected chi connectivity index (χ4v) is 8.91. The van der Waals surface area contributed by atoms with E-state index in [2.05, 4.69) is 60.5 Å². The van der Waals surface area contributed by atoms with Crippen LogP contribution in [-0.4, -0.2) is 126 Å². The number of aliphatic hydroxyl groups is 1. The van der Waals surface area contributed by atoms with E-state index < -0.39 is 22.6 Å². The third-order valence-electron chi connectivity index (χ3n) is 12.6. The lowest BCUT2D eigenvalue weighted by molar-refractivity contribution is -0.384. The SMILES string of the molecule is C.ClCCl.O=C1CN(C2CCC(CNc3nc(NCc4ccccc4OC(F)(F)F)ncc3[N+](=O)[O-])CC2)C1.O=[N+]([O-])c1cnc(NCc2ccccc2OC(F)(F)F)nc1NCC1CCC(N2CC(O)C2)CC1. The molecule has 0 atom stereocenters. The molecule has 406 valence electrons. The topological polar surface area (TPSA) is 248 Å². The molecule has 2 aromatic carbocycles. The summed E-state index contributed by atoms with van der Waals surface area (Å²) in [6, 6.07) is 12.2. The number of Topliss-reactive ketones (excluding diaryl/α,β-unsaturated/α-hetero) is 1. The van der Waals surface area contributed by atoms with Gasteiger partial charge in [-0.25, -0.2) is 9.97 Å². The highest BCUT2D eigenvalue weighted by molar-refractivity contribution is 6.40. The number of alkyl halides is 8. The van der Waals surface area contributed by atoms with E-state index in [4.69, 9.17) is 23.2 Å². The Balaban J connectivity index is 0.000000257. The number of carbonyl (C=O) groups is 1. The number of halogens is 8. The van der Waals surface area contributed by atoms with E-state index in [-0.39, 0.29) is 95.3 Å². The molecule has 8 rings (SSSR count). The Morgan fingerprint density at radius 1 is 0.649 bits per heavy atom. The Labute approximate surface area is 432 Å². The number of anilines is 4. The number of aliphatic hydroxyl groups excluding tert-OH is 1. The lowest BCUT2D eigenvalue weighted by Crippen LogP contribution is -2.56. The average molecular weight is 1090 g/mol. The molecule has 0 amide bonds. The van der Waals surface area contributed by atoms with E-state index in [1.165, 1.54) is 36.4 Å². The summed E-state index contributed by atoms with van der Waals surface area (Å²) in [7, 11) is 0. The Morgan fingerprint density at radius 3 is 1.38 bits per heavy atom. The molecule has 2 aliphatic heterocycles. The Morgan fingerprint density at radius 2 is 1.03 bits per heavy atom. The molecule has 4 fully saturated rings. The maximum absolute atomic E-state index is 12.6. The third kappa shape index (κ3) is 18.1. The number of hydrogen-bond acceptors (Lipinski definition) is 18. The first-order valence-electron chi connectivity index (χ1n) is 23.2. The van der Waals surface area contributed by atoms with E-state index in [1.54, 1.807) is 12.1 Å². The number of nitrogens with one attached hydrogen (secondary N) is 4. The summed E-state index contributed by atoms with van der Waals surface area (Å²) >= 11 is 9.53. The molecule has 2 aromatic heterocycles. The van der Waals surface area contributed by atoms with Gasteiger partial charge < -0.3 is 35.8 Å². The first-order valence-corrected chi connectivity index (χ1v) is 24.3. The Bertz CT molecular complexity index is 2460. The molecule has 0 unspecified atom stereocenters. The fourth-order valence-electron chi connectivity index (χ4n) is 8.91. The summed E-state index contributed by atoms with van der Waals surface area (Å²) in [5.74, 6) is 0.372. The van der Waals surface area contributed by atoms with Gasteiger partial charge in [-0.05, 0) is 75.3 Å². The maximum atomic E-state index is 12.6. The van der Waals surface area contributed by atoms with Gasteiger partial charge in [-0.15, -0.1) is 49.5 Å². The van der Waals surface area contributed by atoms with Crippen molar-refractivity contribution in [2.75, 3.05) is 65.9 Å². The minimum absolute atomic E-state index is 0. The van der Waals surface area contributed by atoms with E-state index in [0.717, 1.165) is 76.8 Å². The summed E-state index contributed by atoms with van der Waals surface area (Å²) in [4.78, 5) is 53.7. The standard InChI is InChI=1S/C22H27F3N6O4.C22H25F3N6O4.CH2Cl2.CH4/c2*23-22(24,25)35-19-4-2-1-3-15(19)10-27-21-28-11-18(31(33)34)20(29-21)26-9-14-5-7-16(8-6-14)30-12-17(32)13-30;2-1-3;/h1-4,11,14,16-17,32H,5-10,12-13H2,(H2,26,27,28,29);1-4,11,14,16H,5-10,12-13H2,(H2,26,27,28,29);1H2;1H4. The third-order valence-corrected chi connectivity index (χ3v) is 12.6. The van der Waals surface area contributed by atoms with Crippen LogP contribution >= 0.6 is 23.2 Å². The van der Waals surface area contributed by atoms with Crippen molar-refractivity contribution in [3.63, 3.8) is 0 Å².